The van der Waals surface area contributed by atoms with E-state index in [1.54, 1.807) is 41.4 Å². The van der Waals surface area contributed by atoms with Crippen LogP contribution in [0, 0.1) is 12.7 Å². The largest absolute Gasteiger partial charge is 0.448 e. The normalized spacial score (nSPS) is 13.6. The Morgan fingerprint density at radius 1 is 1.42 bits per heavy atom. The van der Waals surface area contributed by atoms with Crippen LogP contribution in [0.1, 0.15) is 39.5 Å². The van der Waals surface area contributed by atoms with Gasteiger partial charge < -0.3 is 4.42 Å². The Morgan fingerprint density at radius 3 is 2.96 bits per heavy atom. The minimum Gasteiger partial charge on any atom is -0.448 e. The van der Waals surface area contributed by atoms with Crippen LogP contribution in [-0.4, -0.2) is 17.4 Å². The van der Waals surface area contributed by atoms with E-state index < -0.39 is 5.82 Å². The number of furan rings is 1. The number of nitrogens with zero attached hydrogens (tertiary/aromatic N) is 2. The summed E-state index contributed by atoms with van der Waals surface area (Å²) in [6.07, 6.45) is 5.92. The van der Waals surface area contributed by atoms with Crippen molar-refractivity contribution < 1.29 is 13.6 Å². The number of halogens is 1. The van der Waals surface area contributed by atoms with Gasteiger partial charge in [0.1, 0.15) is 0 Å². The molecular formula is C20H19FN2O2S. The van der Waals surface area contributed by atoms with E-state index >= 15 is 0 Å². The molecule has 0 bridgehead atoms. The molecule has 0 atom stereocenters. The van der Waals surface area contributed by atoms with Crippen LogP contribution in [0.15, 0.2) is 35.3 Å². The van der Waals surface area contributed by atoms with Crippen LogP contribution in [0.4, 0.5) is 9.52 Å². The number of para-hydroxylation sites is 1. The van der Waals surface area contributed by atoms with Crippen molar-refractivity contribution in [1.29, 1.82) is 0 Å². The molecule has 0 radical (unpaired) electrons. The van der Waals surface area contributed by atoms with Gasteiger partial charge in [0.15, 0.2) is 22.3 Å². The Kier molecular flexibility index (Phi) is 4.36. The average Bonchev–Trinajstić information content (AvgIpc) is 3.21. The summed E-state index contributed by atoms with van der Waals surface area (Å²) < 4.78 is 19.6. The molecule has 0 unspecified atom stereocenters. The summed E-state index contributed by atoms with van der Waals surface area (Å²) in [7, 11) is 0. The number of anilines is 1. The van der Waals surface area contributed by atoms with E-state index in [2.05, 4.69) is 11.6 Å². The number of fused-ring (bicyclic) bond motifs is 2. The number of amides is 1. The number of aryl methyl sites for hydroxylation is 3. The zero-order chi connectivity index (χ0) is 18.3. The van der Waals surface area contributed by atoms with Crippen LogP contribution in [0.3, 0.4) is 0 Å². The third kappa shape index (κ3) is 2.74. The molecule has 1 aliphatic rings. The van der Waals surface area contributed by atoms with E-state index in [4.69, 9.17) is 4.42 Å². The van der Waals surface area contributed by atoms with Crippen LogP contribution in [0.5, 0.6) is 0 Å². The molecule has 2 aromatic heterocycles. The van der Waals surface area contributed by atoms with Crippen LogP contribution in [0.2, 0.25) is 0 Å². The van der Waals surface area contributed by atoms with Crippen molar-refractivity contribution in [2.75, 3.05) is 11.4 Å². The van der Waals surface area contributed by atoms with Crippen LogP contribution < -0.4 is 4.90 Å². The van der Waals surface area contributed by atoms with Crippen molar-refractivity contribution >= 4 is 33.3 Å². The summed E-state index contributed by atoms with van der Waals surface area (Å²) in [5, 5.41) is 1.27. The molecule has 1 aliphatic carbocycles. The van der Waals surface area contributed by atoms with Gasteiger partial charge in [0.25, 0.3) is 5.91 Å². The Hall–Kier alpha value is -2.47. The standard InChI is InChI=1S/C20H19FN2O2S/c1-3-11-23(20-22-15-9-4-5-10-16(15)26-20)19(24)17-12(2)13-7-6-8-14(21)18(13)25-17/h3,6-8H,1,4-5,9-11H2,2H3. The molecule has 4 nitrogen and oxygen atoms in total. The summed E-state index contributed by atoms with van der Waals surface area (Å²) in [6, 6.07) is 4.70. The average molecular weight is 370 g/mol. The molecule has 0 saturated carbocycles. The van der Waals surface area contributed by atoms with E-state index in [0.29, 0.717) is 22.6 Å². The number of thiazole rings is 1. The highest BCUT2D eigenvalue weighted by atomic mass is 32.1. The van der Waals surface area contributed by atoms with Crippen LogP contribution in [0.25, 0.3) is 11.0 Å². The Morgan fingerprint density at radius 2 is 2.23 bits per heavy atom. The van der Waals surface area contributed by atoms with Gasteiger partial charge in [-0.1, -0.05) is 18.2 Å². The lowest BCUT2D eigenvalue weighted by molar-refractivity contribution is 0.0964. The fraction of sp³-hybridized carbons (Fsp3) is 0.300. The second-order valence-electron chi connectivity index (χ2n) is 6.45. The number of rotatable bonds is 4. The minimum absolute atomic E-state index is 0.116. The third-order valence-electron chi connectivity index (χ3n) is 4.73. The first kappa shape index (κ1) is 17.0. The van der Waals surface area contributed by atoms with E-state index in [9.17, 15) is 9.18 Å². The first-order valence-electron chi connectivity index (χ1n) is 8.69. The highest BCUT2D eigenvalue weighted by molar-refractivity contribution is 7.16. The SMILES string of the molecule is C=CCN(C(=O)c1oc2c(F)cccc2c1C)c1nc2c(s1)CCCC2. The molecule has 2 heterocycles. The lowest BCUT2D eigenvalue weighted by atomic mass is 10.0. The van der Waals surface area contributed by atoms with Gasteiger partial charge in [0.05, 0.1) is 5.69 Å². The first-order chi connectivity index (χ1) is 12.6. The van der Waals surface area contributed by atoms with Gasteiger partial charge in [-0.2, -0.15) is 0 Å². The van der Waals surface area contributed by atoms with E-state index in [0.717, 1.165) is 31.4 Å². The predicted molar refractivity (Wildman–Crippen MR) is 102 cm³/mol. The Labute approximate surface area is 155 Å². The topological polar surface area (TPSA) is 46.3 Å². The number of carbonyl (C=O) groups is 1. The fourth-order valence-corrected chi connectivity index (χ4v) is 4.52. The van der Waals surface area contributed by atoms with Crippen LogP contribution >= 0.6 is 11.3 Å². The minimum atomic E-state index is -0.468. The summed E-state index contributed by atoms with van der Waals surface area (Å²) in [5.74, 6) is -0.631. The van der Waals surface area contributed by atoms with Gasteiger partial charge in [-0.25, -0.2) is 9.37 Å². The van der Waals surface area contributed by atoms with Crippen molar-refractivity contribution in [2.45, 2.75) is 32.6 Å². The molecular weight excluding hydrogens is 351 g/mol. The molecule has 3 aromatic rings. The lowest BCUT2D eigenvalue weighted by Gasteiger charge is -2.17. The molecule has 26 heavy (non-hydrogen) atoms. The molecule has 0 aliphatic heterocycles. The summed E-state index contributed by atoms with van der Waals surface area (Å²) in [5.41, 5.74) is 1.84. The molecule has 4 rings (SSSR count). The van der Waals surface area contributed by atoms with Crippen molar-refractivity contribution in [1.82, 2.24) is 4.98 Å². The molecule has 0 saturated heterocycles. The monoisotopic (exact) mass is 370 g/mol. The second kappa shape index (κ2) is 6.68. The van der Waals surface area contributed by atoms with E-state index in [-0.39, 0.29) is 17.3 Å². The highest BCUT2D eigenvalue weighted by Crippen LogP contribution is 2.34. The lowest BCUT2D eigenvalue weighted by Crippen LogP contribution is -2.31. The Bertz CT molecular complexity index is 981. The van der Waals surface area contributed by atoms with Crippen molar-refractivity contribution in [3.8, 4) is 0 Å². The van der Waals surface area contributed by atoms with E-state index in [1.807, 2.05) is 0 Å². The Balaban J connectivity index is 1.76. The number of benzene rings is 1. The zero-order valence-electron chi connectivity index (χ0n) is 14.5. The summed E-state index contributed by atoms with van der Waals surface area (Å²) >= 11 is 1.55. The molecule has 1 aromatic carbocycles. The highest BCUT2D eigenvalue weighted by Gasteiger charge is 2.28. The van der Waals surface area contributed by atoms with E-state index in [1.165, 1.54) is 10.9 Å². The van der Waals surface area contributed by atoms with Gasteiger partial charge in [-0.15, -0.1) is 17.9 Å². The third-order valence-corrected chi connectivity index (χ3v) is 5.91. The van der Waals surface area contributed by atoms with Crippen molar-refractivity contribution in [3.63, 3.8) is 0 Å². The number of carbonyl (C=O) groups excluding carboxylic acids is 1. The number of hydrogen-bond acceptors (Lipinski definition) is 4. The maximum Gasteiger partial charge on any atom is 0.296 e. The molecule has 0 spiro atoms. The van der Waals surface area contributed by atoms with Gasteiger partial charge >= 0.3 is 0 Å². The van der Waals surface area contributed by atoms with Gasteiger partial charge in [-0.3, -0.25) is 9.69 Å². The smallest absolute Gasteiger partial charge is 0.296 e. The van der Waals surface area contributed by atoms with Gasteiger partial charge in [0.2, 0.25) is 0 Å². The van der Waals surface area contributed by atoms with Gasteiger partial charge in [-0.05, 0) is 38.7 Å². The van der Waals surface area contributed by atoms with Crippen molar-refractivity contribution in [2.24, 2.45) is 0 Å². The summed E-state index contributed by atoms with van der Waals surface area (Å²) in [6.45, 7) is 5.85. The molecule has 134 valence electrons. The van der Waals surface area contributed by atoms with Gasteiger partial charge in [0, 0.05) is 22.4 Å². The number of aromatic nitrogens is 1. The fourth-order valence-electron chi connectivity index (χ4n) is 3.37. The maximum absolute atomic E-state index is 14.0. The molecule has 0 N–H and O–H groups in total. The predicted octanol–water partition coefficient (Wildman–Crippen LogP) is 5.05. The summed E-state index contributed by atoms with van der Waals surface area (Å²) in [4.78, 5) is 20.7. The molecule has 6 heteroatoms. The molecule has 0 fully saturated rings. The quantitative estimate of drug-likeness (QED) is 0.604. The van der Waals surface area contributed by atoms with Crippen molar-refractivity contribution in [3.05, 3.63) is 58.6 Å². The number of hydrogen-bond donors (Lipinski definition) is 0. The zero-order valence-corrected chi connectivity index (χ0v) is 15.4. The second-order valence-corrected chi connectivity index (χ2v) is 7.51. The van der Waals surface area contributed by atoms with Crippen LogP contribution in [-0.2, 0) is 12.8 Å². The maximum atomic E-state index is 14.0. The molecule has 1 amide bonds. The first-order valence-corrected chi connectivity index (χ1v) is 9.50.